The minimum absolute atomic E-state index is 0.453. The Kier molecular flexibility index (Phi) is 6.03. The minimum atomic E-state index is 0.453. The maximum Gasteiger partial charge on any atom is 0.0615 e. The molecule has 0 spiro atoms. The molecule has 16 heavy (non-hydrogen) atoms. The Morgan fingerprint density at radius 2 is 2.19 bits per heavy atom. The Morgan fingerprint density at radius 3 is 2.75 bits per heavy atom. The van der Waals surface area contributed by atoms with Crippen LogP contribution in [0, 0.1) is 0 Å². The van der Waals surface area contributed by atoms with Gasteiger partial charge in [-0.3, -0.25) is 4.90 Å². The molecule has 2 nitrogen and oxygen atoms in total. The SMILES string of the molecule is CCN(Cc1cccc(Br)c1)C(C)COC. The van der Waals surface area contributed by atoms with Crippen LogP contribution in [0.5, 0.6) is 0 Å². The van der Waals surface area contributed by atoms with Gasteiger partial charge in [-0.05, 0) is 31.2 Å². The smallest absolute Gasteiger partial charge is 0.0615 e. The molecular formula is C13H20BrNO. The van der Waals surface area contributed by atoms with Crippen molar-refractivity contribution in [1.82, 2.24) is 4.90 Å². The van der Waals surface area contributed by atoms with E-state index in [1.807, 2.05) is 0 Å². The van der Waals surface area contributed by atoms with Gasteiger partial charge in [0, 0.05) is 24.2 Å². The van der Waals surface area contributed by atoms with E-state index in [1.54, 1.807) is 7.11 Å². The monoisotopic (exact) mass is 285 g/mol. The van der Waals surface area contributed by atoms with E-state index < -0.39 is 0 Å². The van der Waals surface area contributed by atoms with Crippen LogP contribution in [0.3, 0.4) is 0 Å². The van der Waals surface area contributed by atoms with Gasteiger partial charge in [-0.25, -0.2) is 0 Å². The Hall–Kier alpha value is -0.380. The van der Waals surface area contributed by atoms with E-state index in [2.05, 4.69) is 58.9 Å². The zero-order chi connectivity index (χ0) is 12.0. The third-order valence-corrected chi connectivity index (χ3v) is 3.21. The minimum Gasteiger partial charge on any atom is -0.383 e. The normalized spacial score (nSPS) is 13.1. The molecule has 0 aliphatic rings. The lowest BCUT2D eigenvalue weighted by molar-refractivity contribution is 0.0982. The van der Waals surface area contributed by atoms with E-state index in [4.69, 9.17) is 4.74 Å². The molecule has 1 rings (SSSR count). The van der Waals surface area contributed by atoms with Crippen LogP contribution >= 0.6 is 15.9 Å². The predicted molar refractivity (Wildman–Crippen MR) is 71.6 cm³/mol. The van der Waals surface area contributed by atoms with Crippen molar-refractivity contribution >= 4 is 15.9 Å². The van der Waals surface area contributed by atoms with Crippen LogP contribution in [0.2, 0.25) is 0 Å². The van der Waals surface area contributed by atoms with Crippen molar-refractivity contribution in [3.05, 3.63) is 34.3 Å². The molecule has 0 N–H and O–H groups in total. The van der Waals surface area contributed by atoms with Gasteiger partial charge in [-0.1, -0.05) is 35.0 Å². The fourth-order valence-electron chi connectivity index (χ4n) is 1.80. The molecule has 0 aromatic heterocycles. The van der Waals surface area contributed by atoms with Crippen LogP contribution in [-0.2, 0) is 11.3 Å². The lowest BCUT2D eigenvalue weighted by atomic mass is 10.2. The Balaban J connectivity index is 2.62. The summed E-state index contributed by atoms with van der Waals surface area (Å²) >= 11 is 3.50. The molecule has 3 heteroatoms. The van der Waals surface area contributed by atoms with E-state index >= 15 is 0 Å². The largest absolute Gasteiger partial charge is 0.383 e. The first-order valence-electron chi connectivity index (χ1n) is 5.64. The van der Waals surface area contributed by atoms with Gasteiger partial charge in [0.1, 0.15) is 0 Å². The van der Waals surface area contributed by atoms with Crippen LogP contribution in [0.1, 0.15) is 19.4 Å². The number of hydrogen-bond donors (Lipinski definition) is 0. The summed E-state index contributed by atoms with van der Waals surface area (Å²) in [5.74, 6) is 0. The summed E-state index contributed by atoms with van der Waals surface area (Å²) in [6, 6.07) is 8.91. The van der Waals surface area contributed by atoms with Gasteiger partial charge in [-0.15, -0.1) is 0 Å². The fourth-order valence-corrected chi connectivity index (χ4v) is 2.24. The third kappa shape index (κ3) is 4.24. The number of likely N-dealkylation sites (N-methyl/N-ethyl adjacent to an activating group) is 1. The van der Waals surface area contributed by atoms with Crippen molar-refractivity contribution in [2.24, 2.45) is 0 Å². The molecule has 90 valence electrons. The molecule has 0 heterocycles. The van der Waals surface area contributed by atoms with Crippen molar-refractivity contribution < 1.29 is 4.74 Å². The number of ether oxygens (including phenoxy) is 1. The van der Waals surface area contributed by atoms with Gasteiger partial charge in [0.25, 0.3) is 0 Å². The van der Waals surface area contributed by atoms with Gasteiger partial charge in [0.2, 0.25) is 0 Å². The summed E-state index contributed by atoms with van der Waals surface area (Å²) in [6.45, 7) is 7.18. The van der Waals surface area contributed by atoms with Crippen molar-refractivity contribution in [1.29, 1.82) is 0 Å². The average Bonchev–Trinajstić information content (AvgIpc) is 2.26. The fraction of sp³-hybridized carbons (Fsp3) is 0.538. The standard InChI is InChI=1S/C13H20BrNO/c1-4-15(11(2)10-16-3)9-12-6-5-7-13(14)8-12/h5-8,11H,4,9-10H2,1-3H3. The van der Waals surface area contributed by atoms with Crippen LogP contribution in [0.15, 0.2) is 28.7 Å². The van der Waals surface area contributed by atoms with Gasteiger partial charge in [-0.2, -0.15) is 0 Å². The highest BCUT2D eigenvalue weighted by molar-refractivity contribution is 9.10. The molecule has 0 saturated carbocycles. The van der Waals surface area contributed by atoms with Gasteiger partial charge in [0.15, 0.2) is 0 Å². The number of hydrogen-bond acceptors (Lipinski definition) is 2. The Labute approximate surface area is 107 Å². The molecule has 0 bridgehead atoms. The lowest BCUT2D eigenvalue weighted by Crippen LogP contribution is -2.35. The summed E-state index contributed by atoms with van der Waals surface area (Å²) in [7, 11) is 1.75. The second-order valence-corrected chi connectivity index (χ2v) is 4.91. The second kappa shape index (κ2) is 7.05. The van der Waals surface area contributed by atoms with E-state index in [-0.39, 0.29) is 0 Å². The maximum absolute atomic E-state index is 5.20. The molecule has 0 saturated heterocycles. The Bertz CT molecular complexity index is 317. The van der Waals surface area contributed by atoms with Crippen LogP contribution in [-0.4, -0.2) is 31.2 Å². The topological polar surface area (TPSA) is 12.5 Å². The molecule has 1 unspecified atom stereocenters. The van der Waals surface area contributed by atoms with Crippen molar-refractivity contribution in [2.45, 2.75) is 26.4 Å². The molecule has 0 aliphatic carbocycles. The molecule has 0 aliphatic heterocycles. The van der Waals surface area contributed by atoms with Gasteiger partial charge >= 0.3 is 0 Å². The van der Waals surface area contributed by atoms with E-state index in [0.29, 0.717) is 6.04 Å². The molecule has 0 amide bonds. The molecule has 1 aromatic rings. The highest BCUT2D eigenvalue weighted by Gasteiger charge is 2.11. The lowest BCUT2D eigenvalue weighted by Gasteiger charge is -2.27. The number of methoxy groups -OCH3 is 1. The summed E-state index contributed by atoms with van der Waals surface area (Å²) in [6.07, 6.45) is 0. The van der Waals surface area contributed by atoms with Crippen molar-refractivity contribution in [2.75, 3.05) is 20.3 Å². The van der Waals surface area contributed by atoms with E-state index in [9.17, 15) is 0 Å². The molecule has 0 fully saturated rings. The van der Waals surface area contributed by atoms with Crippen LogP contribution in [0.25, 0.3) is 0 Å². The molecule has 1 atom stereocenters. The van der Waals surface area contributed by atoms with Crippen LogP contribution in [0.4, 0.5) is 0 Å². The number of rotatable bonds is 6. The molecule has 0 radical (unpaired) electrons. The van der Waals surface area contributed by atoms with Crippen LogP contribution < -0.4 is 0 Å². The predicted octanol–water partition coefficient (Wildman–Crippen LogP) is 3.31. The van der Waals surface area contributed by atoms with E-state index in [1.165, 1.54) is 5.56 Å². The number of benzene rings is 1. The van der Waals surface area contributed by atoms with Crippen molar-refractivity contribution in [3.8, 4) is 0 Å². The first-order valence-corrected chi connectivity index (χ1v) is 6.44. The summed E-state index contributed by atoms with van der Waals surface area (Å²) in [4.78, 5) is 2.41. The first kappa shape index (κ1) is 13.7. The second-order valence-electron chi connectivity index (χ2n) is 4.00. The Morgan fingerprint density at radius 1 is 1.44 bits per heavy atom. The number of halogens is 1. The molecule has 1 aromatic carbocycles. The van der Waals surface area contributed by atoms with Gasteiger partial charge in [0.05, 0.1) is 6.61 Å². The summed E-state index contributed by atoms with van der Waals surface area (Å²) in [5.41, 5.74) is 1.33. The highest BCUT2D eigenvalue weighted by Crippen LogP contribution is 2.14. The first-order chi connectivity index (χ1) is 7.67. The maximum atomic E-state index is 5.20. The zero-order valence-electron chi connectivity index (χ0n) is 10.2. The highest BCUT2D eigenvalue weighted by atomic mass is 79.9. The third-order valence-electron chi connectivity index (χ3n) is 2.71. The molecular weight excluding hydrogens is 266 g/mol. The summed E-state index contributed by atoms with van der Waals surface area (Å²) in [5, 5.41) is 0. The summed E-state index contributed by atoms with van der Waals surface area (Å²) < 4.78 is 6.34. The number of nitrogens with zero attached hydrogens (tertiary/aromatic N) is 1. The van der Waals surface area contributed by atoms with E-state index in [0.717, 1.165) is 24.2 Å². The average molecular weight is 286 g/mol. The van der Waals surface area contributed by atoms with Crippen molar-refractivity contribution in [3.63, 3.8) is 0 Å². The quantitative estimate of drug-likeness (QED) is 0.795. The van der Waals surface area contributed by atoms with Gasteiger partial charge < -0.3 is 4.74 Å². The zero-order valence-corrected chi connectivity index (χ0v) is 11.8.